The molecule has 4 nitrogen and oxygen atoms in total. The van der Waals surface area contributed by atoms with Gasteiger partial charge in [0.05, 0.1) is 26.3 Å². The van der Waals surface area contributed by atoms with Crippen molar-refractivity contribution in [3.63, 3.8) is 0 Å². The van der Waals surface area contributed by atoms with Gasteiger partial charge in [-0.05, 0) is 30.7 Å². The first-order valence-electron chi connectivity index (χ1n) is 5.91. The summed E-state index contributed by atoms with van der Waals surface area (Å²) in [6, 6.07) is 6.56. The van der Waals surface area contributed by atoms with E-state index in [0.29, 0.717) is 11.4 Å². The molecule has 0 bridgehead atoms. The van der Waals surface area contributed by atoms with Crippen LogP contribution in [-0.4, -0.2) is 5.91 Å². The predicted molar refractivity (Wildman–Crippen MR) is 89.4 cm³/mol. The molecule has 0 radical (unpaired) electrons. The third-order valence-electron chi connectivity index (χ3n) is 2.98. The molecule has 2 aromatic carbocycles. The molecule has 2 aromatic rings. The van der Waals surface area contributed by atoms with Crippen molar-refractivity contribution in [2.45, 2.75) is 6.92 Å². The van der Waals surface area contributed by atoms with Crippen molar-refractivity contribution >= 4 is 57.8 Å². The summed E-state index contributed by atoms with van der Waals surface area (Å²) in [6.45, 7) is 1.87. The Morgan fingerprint density at radius 3 is 2.38 bits per heavy atom. The lowest BCUT2D eigenvalue weighted by Crippen LogP contribution is -2.13. The van der Waals surface area contributed by atoms with Gasteiger partial charge in [0.15, 0.2) is 0 Å². The average Bonchev–Trinajstić information content (AvgIpc) is 2.44. The fourth-order valence-electron chi connectivity index (χ4n) is 1.69. The van der Waals surface area contributed by atoms with E-state index in [1.807, 2.05) is 6.92 Å². The van der Waals surface area contributed by atoms with Crippen LogP contribution in [0.25, 0.3) is 0 Å². The molecule has 7 heteroatoms. The molecule has 0 atom stereocenters. The molecule has 5 N–H and O–H groups in total. The number of nitrogen functional groups attached to an aromatic ring is 2. The number of hydrogen-bond donors (Lipinski definition) is 3. The third kappa shape index (κ3) is 3.18. The Morgan fingerprint density at radius 2 is 1.76 bits per heavy atom. The van der Waals surface area contributed by atoms with Crippen molar-refractivity contribution in [3.05, 3.63) is 50.5 Å². The summed E-state index contributed by atoms with van der Waals surface area (Å²) in [5.74, 6) is -0.452. The molecule has 110 valence electrons. The predicted octanol–water partition coefficient (Wildman–Crippen LogP) is 4.37. The van der Waals surface area contributed by atoms with Gasteiger partial charge in [0.2, 0.25) is 0 Å². The van der Waals surface area contributed by atoms with Gasteiger partial charge in [0.25, 0.3) is 5.91 Å². The molecule has 0 aliphatic heterocycles. The highest BCUT2D eigenvalue weighted by atomic mass is 35.5. The van der Waals surface area contributed by atoms with Crippen LogP contribution < -0.4 is 16.8 Å². The number of amides is 1. The Kier molecular flexibility index (Phi) is 4.52. The maximum atomic E-state index is 12.3. The number of rotatable bonds is 2. The van der Waals surface area contributed by atoms with Crippen molar-refractivity contribution in [3.8, 4) is 0 Å². The Hall–Kier alpha value is -1.62. The lowest BCUT2D eigenvalue weighted by Gasteiger charge is -2.11. The number of aryl methyl sites for hydroxylation is 1. The first-order chi connectivity index (χ1) is 9.81. The number of halogens is 3. The van der Waals surface area contributed by atoms with Crippen LogP contribution in [0.5, 0.6) is 0 Å². The summed E-state index contributed by atoms with van der Waals surface area (Å²) in [7, 11) is 0. The van der Waals surface area contributed by atoms with Gasteiger partial charge in [-0.1, -0.05) is 40.9 Å². The van der Waals surface area contributed by atoms with E-state index in [4.69, 9.17) is 46.3 Å². The molecular weight excluding hydrogens is 333 g/mol. The third-order valence-corrected chi connectivity index (χ3v) is 4.17. The second kappa shape index (κ2) is 6.02. The van der Waals surface area contributed by atoms with E-state index in [9.17, 15) is 4.79 Å². The van der Waals surface area contributed by atoms with Gasteiger partial charge in [-0.3, -0.25) is 4.79 Å². The minimum absolute atomic E-state index is 0.0520. The molecule has 0 spiro atoms. The fraction of sp³-hybridized carbons (Fsp3) is 0.0714. The first kappa shape index (κ1) is 15.8. The molecule has 21 heavy (non-hydrogen) atoms. The van der Waals surface area contributed by atoms with Crippen LogP contribution in [0.15, 0.2) is 24.3 Å². The number of benzene rings is 2. The van der Waals surface area contributed by atoms with Gasteiger partial charge >= 0.3 is 0 Å². The van der Waals surface area contributed by atoms with Gasteiger partial charge in [0, 0.05) is 11.4 Å². The summed E-state index contributed by atoms with van der Waals surface area (Å²) in [6.07, 6.45) is 0. The summed E-state index contributed by atoms with van der Waals surface area (Å²) in [5.41, 5.74) is 13.8. The second-order valence-electron chi connectivity index (χ2n) is 4.47. The van der Waals surface area contributed by atoms with Gasteiger partial charge in [0.1, 0.15) is 0 Å². The highest BCUT2D eigenvalue weighted by molar-refractivity contribution is 6.47. The fourth-order valence-corrected chi connectivity index (χ4v) is 2.39. The van der Waals surface area contributed by atoms with Gasteiger partial charge in [-0.15, -0.1) is 0 Å². The Morgan fingerprint density at radius 1 is 1.10 bits per heavy atom. The zero-order valence-corrected chi connectivity index (χ0v) is 13.3. The Bertz CT molecular complexity index is 732. The van der Waals surface area contributed by atoms with Crippen LogP contribution in [0.2, 0.25) is 15.1 Å². The van der Waals surface area contributed by atoms with E-state index in [1.165, 1.54) is 6.07 Å². The topological polar surface area (TPSA) is 81.1 Å². The van der Waals surface area contributed by atoms with Crippen LogP contribution in [0.4, 0.5) is 17.1 Å². The van der Waals surface area contributed by atoms with Crippen molar-refractivity contribution in [1.29, 1.82) is 0 Å². The SMILES string of the molecule is Cc1ccc(NC(=O)c2cc(Cl)c(N)c(Cl)c2Cl)cc1N. The zero-order valence-electron chi connectivity index (χ0n) is 11.0. The highest BCUT2D eigenvalue weighted by Crippen LogP contribution is 2.37. The molecular formula is C14H12Cl3N3O. The average molecular weight is 345 g/mol. The molecule has 2 rings (SSSR count). The number of carbonyl (C=O) groups excluding carboxylic acids is 1. The van der Waals surface area contributed by atoms with E-state index in [0.717, 1.165) is 5.56 Å². The molecule has 0 heterocycles. The maximum Gasteiger partial charge on any atom is 0.257 e. The van der Waals surface area contributed by atoms with Crippen molar-refractivity contribution < 1.29 is 4.79 Å². The van der Waals surface area contributed by atoms with Crippen molar-refractivity contribution in [2.24, 2.45) is 0 Å². The first-order valence-corrected chi connectivity index (χ1v) is 7.05. The summed E-state index contributed by atoms with van der Waals surface area (Å²) >= 11 is 17.9. The van der Waals surface area contributed by atoms with E-state index in [1.54, 1.807) is 18.2 Å². The van der Waals surface area contributed by atoms with Crippen LogP contribution in [0.1, 0.15) is 15.9 Å². The van der Waals surface area contributed by atoms with Crippen LogP contribution in [0, 0.1) is 6.92 Å². The minimum Gasteiger partial charge on any atom is -0.398 e. The van der Waals surface area contributed by atoms with Gasteiger partial charge in [-0.2, -0.15) is 0 Å². The minimum atomic E-state index is -0.452. The number of nitrogens with two attached hydrogens (primary N) is 2. The molecule has 0 saturated heterocycles. The van der Waals surface area contributed by atoms with Crippen LogP contribution in [-0.2, 0) is 0 Å². The smallest absolute Gasteiger partial charge is 0.257 e. The zero-order chi connectivity index (χ0) is 15.7. The maximum absolute atomic E-state index is 12.3. The number of nitrogens with one attached hydrogen (secondary N) is 1. The summed E-state index contributed by atoms with van der Waals surface area (Å²) < 4.78 is 0. The van der Waals surface area contributed by atoms with Crippen molar-refractivity contribution in [2.75, 3.05) is 16.8 Å². The molecule has 1 amide bonds. The number of carbonyl (C=O) groups is 1. The molecule has 0 unspecified atom stereocenters. The van der Waals surface area contributed by atoms with Crippen LogP contribution in [0.3, 0.4) is 0 Å². The van der Waals surface area contributed by atoms with Gasteiger partial charge in [-0.25, -0.2) is 0 Å². The van der Waals surface area contributed by atoms with Crippen LogP contribution >= 0.6 is 34.8 Å². The highest BCUT2D eigenvalue weighted by Gasteiger charge is 2.18. The molecule has 0 saturated carbocycles. The van der Waals surface area contributed by atoms with E-state index in [-0.39, 0.29) is 26.3 Å². The largest absolute Gasteiger partial charge is 0.398 e. The number of anilines is 3. The monoisotopic (exact) mass is 343 g/mol. The van der Waals surface area contributed by atoms with E-state index >= 15 is 0 Å². The summed E-state index contributed by atoms with van der Waals surface area (Å²) in [4.78, 5) is 12.3. The van der Waals surface area contributed by atoms with E-state index < -0.39 is 5.91 Å². The molecule has 0 fully saturated rings. The quantitative estimate of drug-likeness (QED) is 0.559. The lowest BCUT2D eigenvalue weighted by molar-refractivity contribution is 0.102. The second-order valence-corrected chi connectivity index (χ2v) is 5.64. The normalized spacial score (nSPS) is 10.5. The van der Waals surface area contributed by atoms with Crippen molar-refractivity contribution in [1.82, 2.24) is 0 Å². The standard InChI is InChI=1S/C14H12Cl3N3O/c1-6-2-3-7(4-10(6)18)20-14(21)8-5-9(15)13(19)12(17)11(8)16/h2-5H,18-19H2,1H3,(H,20,21). The Labute approximate surface area is 137 Å². The summed E-state index contributed by atoms with van der Waals surface area (Å²) in [5, 5.41) is 2.95. The molecule has 0 aliphatic rings. The molecule has 0 aromatic heterocycles. The van der Waals surface area contributed by atoms with E-state index in [2.05, 4.69) is 5.32 Å². The lowest BCUT2D eigenvalue weighted by atomic mass is 10.1. The number of hydrogen-bond acceptors (Lipinski definition) is 3. The molecule has 0 aliphatic carbocycles. The Balaban J connectivity index is 2.35. The van der Waals surface area contributed by atoms with Gasteiger partial charge < -0.3 is 16.8 Å².